The van der Waals surface area contributed by atoms with Crippen LogP contribution in [-0.4, -0.2) is 9.97 Å². The van der Waals surface area contributed by atoms with Gasteiger partial charge >= 0.3 is 0 Å². The van der Waals surface area contributed by atoms with Gasteiger partial charge in [0.25, 0.3) is 0 Å². The van der Waals surface area contributed by atoms with E-state index in [1.54, 1.807) is 17.5 Å². The van der Waals surface area contributed by atoms with Gasteiger partial charge in [-0.05, 0) is 24.6 Å². The summed E-state index contributed by atoms with van der Waals surface area (Å²) in [6.07, 6.45) is 2.69. The van der Waals surface area contributed by atoms with Gasteiger partial charge in [-0.2, -0.15) is 0 Å². The van der Waals surface area contributed by atoms with E-state index in [4.69, 9.17) is 5.73 Å². The monoisotopic (exact) mass is 333 g/mol. The number of pyridine rings is 1. The molecular formula is C14H12BrN3S. The van der Waals surface area contributed by atoms with E-state index in [0.717, 1.165) is 43.1 Å². The van der Waals surface area contributed by atoms with Crippen molar-refractivity contribution in [2.24, 2.45) is 0 Å². The van der Waals surface area contributed by atoms with Crippen LogP contribution in [0.2, 0.25) is 0 Å². The van der Waals surface area contributed by atoms with Crippen LogP contribution in [-0.2, 0) is 6.42 Å². The number of hydrogen-bond acceptors (Lipinski definition) is 4. The molecule has 3 rings (SSSR count). The van der Waals surface area contributed by atoms with Gasteiger partial charge in [-0.25, -0.2) is 4.98 Å². The summed E-state index contributed by atoms with van der Waals surface area (Å²) < 4.78 is 1.03. The maximum absolute atomic E-state index is 6.09. The van der Waals surface area contributed by atoms with Crippen molar-refractivity contribution in [3.63, 3.8) is 0 Å². The average molecular weight is 334 g/mol. The molecule has 3 nitrogen and oxygen atoms in total. The molecule has 2 aromatic heterocycles. The Kier molecular flexibility index (Phi) is 3.24. The summed E-state index contributed by atoms with van der Waals surface area (Å²) in [7, 11) is 0. The quantitative estimate of drug-likeness (QED) is 0.762. The topological polar surface area (TPSA) is 51.8 Å². The van der Waals surface area contributed by atoms with E-state index < -0.39 is 0 Å². The van der Waals surface area contributed by atoms with Gasteiger partial charge in [0.15, 0.2) is 0 Å². The van der Waals surface area contributed by atoms with E-state index in [1.165, 1.54) is 0 Å². The molecule has 0 amide bonds. The third-order valence-electron chi connectivity index (χ3n) is 2.97. The number of benzene rings is 1. The molecule has 5 heteroatoms. The molecule has 0 fully saturated rings. The van der Waals surface area contributed by atoms with Crippen LogP contribution in [0.4, 0.5) is 5.00 Å². The van der Waals surface area contributed by atoms with Crippen LogP contribution < -0.4 is 5.73 Å². The van der Waals surface area contributed by atoms with Gasteiger partial charge in [0.2, 0.25) is 0 Å². The number of halogens is 1. The zero-order valence-corrected chi connectivity index (χ0v) is 12.8. The van der Waals surface area contributed by atoms with Gasteiger partial charge < -0.3 is 5.73 Å². The second-order valence-corrected chi connectivity index (χ2v) is 6.14. The molecule has 3 aromatic rings. The maximum Gasteiger partial charge on any atom is 0.114 e. The highest BCUT2D eigenvalue weighted by Crippen LogP contribution is 2.36. The number of nitrogens with zero attached hydrogens (tertiary/aromatic N) is 2. The van der Waals surface area contributed by atoms with Crippen molar-refractivity contribution >= 4 is 43.2 Å². The van der Waals surface area contributed by atoms with Crippen molar-refractivity contribution in [1.29, 1.82) is 0 Å². The lowest BCUT2D eigenvalue weighted by Crippen LogP contribution is -1.90. The molecule has 0 atom stereocenters. The van der Waals surface area contributed by atoms with Crippen LogP contribution >= 0.6 is 27.3 Å². The smallest absolute Gasteiger partial charge is 0.114 e. The molecule has 0 unspecified atom stereocenters. The predicted molar refractivity (Wildman–Crippen MR) is 84.3 cm³/mol. The number of fused-ring (bicyclic) bond motifs is 1. The molecular weight excluding hydrogens is 322 g/mol. The second kappa shape index (κ2) is 4.90. The van der Waals surface area contributed by atoms with E-state index in [9.17, 15) is 0 Å². The Bertz CT molecular complexity index is 752. The number of aryl methyl sites for hydroxylation is 1. The van der Waals surface area contributed by atoms with Crippen LogP contribution in [0.15, 0.2) is 34.9 Å². The normalized spacial score (nSPS) is 11.1. The maximum atomic E-state index is 6.09. The molecule has 0 spiro atoms. The van der Waals surface area contributed by atoms with Gasteiger partial charge in [0.1, 0.15) is 10.7 Å². The number of hydrogen-bond donors (Lipinski definition) is 1. The summed E-state index contributed by atoms with van der Waals surface area (Å²) in [6.45, 7) is 2.08. The summed E-state index contributed by atoms with van der Waals surface area (Å²) in [6, 6.07) is 8.01. The van der Waals surface area contributed by atoms with E-state index in [2.05, 4.69) is 32.8 Å². The van der Waals surface area contributed by atoms with E-state index in [0.29, 0.717) is 0 Å². The molecule has 19 heavy (non-hydrogen) atoms. The number of rotatable bonds is 2. The largest absolute Gasteiger partial charge is 0.389 e. The second-order valence-electron chi connectivity index (χ2n) is 4.17. The molecule has 96 valence electrons. The molecule has 2 heterocycles. The summed E-state index contributed by atoms with van der Waals surface area (Å²) in [5, 5.41) is 2.89. The summed E-state index contributed by atoms with van der Waals surface area (Å²) >= 11 is 5.10. The Hall–Kier alpha value is -1.46. The summed E-state index contributed by atoms with van der Waals surface area (Å²) in [5.41, 5.74) is 8.86. The average Bonchev–Trinajstić information content (AvgIpc) is 2.81. The zero-order chi connectivity index (χ0) is 13.4. The fourth-order valence-electron chi connectivity index (χ4n) is 2.05. The lowest BCUT2D eigenvalue weighted by atomic mass is 10.1. The van der Waals surface area contributed by atoms with Crippen molar-refractivity contribution < 1.29 is 0 Å². The fraction of sp³-hybridized carbons (Fsp3) is 0.143. The minimum atomic E-state index is 0.756. The summed E-state index contributed by atoms with van der Waals surface area (Å²) in [5.74, 6) is 0. The van der Waals surface area contributed by atoms with Gasteiger partial charge in [0.05, 0.1) is 10.5 Å². The van der Waals surface area contributed by atoms with E-state index in [-0.39, 0.29) is 0 Å². The fourth-order valence-corrected chi connectivity index (χ4v) is 3.29. The number of nitrogens with two attached hydrogens (primary N) is 1. The number of thiazole rings is 1. The molecule has 0 saturated heterocycles. The molecule has 2 N–H and O–H groups in total. The van der Waals surface area contributed by atoms with Crippen LogP contribution in [0.25, 0.3) is 22.2 Å². The van der Waals surface area contributed by atoms with Crippen LogP contribution in [0.5, 0.6) is 0 Å². The van der Waals surface area contributed by atoms with Crippen molar-refractivity contribution in [3.05, 3.63) is 39.9 Å². The van der Waals surface area contributed by atoms with Crippen molar-refractivity contribution in [3.8, 4) is 11.3 Å². The van der Waals surface area contributed by atoms with Crippen LogP contribution in [0.1, 0.15) is 11.9 Å². The lowest BCUT2D eigenvalue weighted by molar-refractivity contribution is 1.10. The van der Waals surface area contributed by atoms with Crippen molar-refractivity contribution in [2.75, 3.05) is 5.73 Å². The third kappa shape index (κ3) is 2.13. The zero-order valence-electron chi connectivity index (χ0n) is 10.4. The highest BCUT2D eigenvalue weighted by molar-refractivity contribution is 9.10. The first-order chi connectivity index (χ1) is 9.20. The van der Waals surface area contributed by atoms with Gasteiger partial charge in [-0.1, -0.05) is 28.9 Å². The Morgan fingerprint density at radius 1 is 1.32 bits per heavy atom. The molecule has 0 radical (unpaired) electrons. The SMILES string of the molecule is CCc1nc(-c2ccc(Br)c3cccnc23)c(N)s1. The Balaban J connectivity index is 2.30. The standard InChI is InChI=1S/C14H12BrN3S/c1-2-11-18-13(14(16)19-11)9-5-6-10(15)8-4-3-7-17-12(8)9/h3-7H,2,16H2,1H3. The highest BCUT2D eigenvalue weighted by Gasteiger charge is 2.14. The van der Waals surface area contributed by atoms with Crippen molar-refractivity contribution in [1.82, 2.24) is 9.97 Å². The molecule has 0 aliphatic carbocycles. The Morgan fingerprint density at radius 2 is 2.16 bits per heavy atom. The van der Waals surface area contributed by atoms with Crippen LogP contribution in [0.3, 0.4) is 0 Å². The molecule has 1 aromatic carbocycles. The Labute approximate surface area is 123 Å². The number of anilines is 1. The minimum absolute atomic E-state index is 0.756. The van der Waals surface area contributed by atoms with Gasteiger partial charge in [0, 0.05) is 21.6 Å². The molecule has 0 saturated carbocycles. The molecule has 0 bridgehead atoms. The number of aromatic nitrogens is 2. The first-order valence-corrected chi connectivity index (χ1v) is 7.60. The van der Waals surface area contributed by atoms with Gasteiger partial charge in [-0.3, -0.25) is 4.98 Å². The first-order valence-electron chi connectivity index (χ1n) is 5.99. The lowest BCUT2D eigenvalue weighted by Gasteiger charge is -2.05. The number of nitrogen functional groups attached to an aromatic ring is 1. The third-order valence-corrected chi connectivity index (χ3v) is 4.69. The minimum Gasteiger partial charge on any atom is -0.389 e. The Morgan fingerprint density at radius 3 is 2.89 bits per heavy atom. The highest BCUT2D eigenvalue weighted by atomic mass is 79.9. The van der Waals surface area contributed by atoms with Crippen molar-refractivity contribution in [2.45, 2.75) is 13.3 Å². The van der Waals surface area contributed by atoms with E-state index in [1.807, 2.05) is 24.3 Å². The predicted octanol–water partition coefficient (Wildman–Crippen LogP) is 4.27. The molecule has 0 aliphatic heterocycles. The van der Waals surface area contributed by atoms with Gasteiger partial charge in [-0.15, -0.1) is 11.3 Å². The summed E-state index contributed by atoms with van der Waals surface area (Å²) in [4.78, 5) is 9.09. The van der Waals surface area contributed by atoms with Crippen LogP contribution in [0, 0.1) is 0 Å². The van der Waals surface area contributed by atoms with E-state index >= 15 is 0 Å². The molecule has 0 aliphatic rings. The first kappa shape index (κ1) is 12.6.